The molecule has 0 radical (unpaired) electrons. The van der Waals surface area contributed by atoms with Crippen LogP contribution in [0.1, 0.15) is 42.7 Å². The second kappa shape index (κ2) is 8.59. The minimum atomic E-state index is -0.475. The van der Waals surface area contributed by atoms with Crippen LogP contribution in [0.15, 0.2) is 29.0 Å². The topological polar surface area (TPSA) is 48.0 Å². The molecule has 2 aliphatic heterocycles. The van der Waals surface area contributed by atoms with Gasteiger partial charge >= 0.3 is 5.97 Å². The summed E-state index contributed by atoms with van der Waals surface area (Å²) in [4.78, 5) is 14.3. The van der Waals surface area contributed by atoms with Crippen molar-refractivity contribution in [3.63, 3.8) is 0 Å². The summed E-state index contributed by atoms with van der Waals surface area (Å²) in [5.41, 5.74) is 2.48. The van der Waals surface area contributed by atoms with Crippen LogP contribution in [0.25, 0.3) is 0 Å². The molecule has 7 heteroatoms. The number of carbonyl (C=O) groups is 1. The van der Waals surface area contributed by atoms with Gasteiger partial charge in [0.15, 0.2) is 0 Å². The molecule has 0 bridgehead atoms. The van der Waals surface area contributed by atoms with Crippen molar-refractivity contribution >= 4 is 17.3 Å². The first kappa shape index (κ1) is 19.4. The normalized spacial score (nSPS) is 22.4. The molecule has 28 heavy (non-hydrogen) atoms. The maximum Gasteiger partial charge on any atom is 0.310 e. The predicted molar refractivity (Wildman–Crippen MR) is 104 cm³/mol. The highest BCUT2D eigenvalue weighted by Crippen LogP contribution is 2.38. The van der Waals surface area contributed by atoms with E-state index in [9.17, 15) is 9.18 Å². The predicted octanol–water partition coefficient (Wildman–Crippen LogP) is 4.27. The van der Waals surface area contributed by atoms with Crippen LogP contribution in [0, 0.1) is 11.7 Å². The standard InChI is InChI=1S/C21H24FNO4S/c1-2-25-20(24)14-4-3-6-23(10-14)11-16-8-18(22)9-17-12-26-21(27-19(16)17)15-5-7-28-13-15/h5,7-9,13-14,21H,2-4,6,10-12H2,1H3/t14-,21+/m0/s1. The molecule has 0 aliphatic carbocycles. The van der Waals surface area contributed by atoms with Gasteiger partial charge < -0.3 is 14.2 Å². The summed E-state index contributed by atoms with van der Waals surface area (Å²) in [5, 5.41) is 3.97. The molecular formula is C21H24FNO4S. The van der Waals surface area contributed by atoms with E-state index in [0.29, 0.717) is 32.1 Å². The summed E-state index contributed by atoms with van der Waals surface area (Å²) >= 11 is 1.58. The van der Waals surface area contributed by atoms with Gasteiger partial charge in [-0.3, -0.25) is 9.69 Å². The van der Waals surface area contributed by atoms with Crippen LogP contribution in [-0.2, 0) is 27.4 Å². The van der Waals surface area contributed by atoms with E-state index in [1.54, 1.807) is 11.3 Å². The highest BCUT2D eigenvalue weighted by atomic mass is 32.1. The fourth-order valence-corrected chi connectivity index (χ4v) is 4.52. The number of fused-ring (bicyclic) bond motifs is 1. The van der Waals surface area contributed by atoms with E-state index in [2.05, 4.69) is 4.90 Å². The Kier molecular flexibility index (Phi) is 5.94. The van der Waals surface area contributed by atoms with Gasteiger partial charge in [-0.1, -0.05) is 0 Å². The SMILES string of the molecule is CCOC(=O)[C@H]1CCCN(Cc2cc(F)cc3c2O[C@H](c2ccsc2)OC3)C1. The third-order valence-electron chi connectivity index (χ3n) is 5.16. The van der Waals surface area contributed by atoms with Gasteiger partial charge in [-0.2, -0.15) is 11.3 Å². The van der Waals surface area contributed by atoms with Crippen LogP contribution in [0.2, 0.25) is 0 Å². The lowest BCUT2D eigenvalue weighted by atomic mass is 9.97. The van der Waals surface area contributed by atoms with E-state index < -0.39 is 6.29 Å². The molecule has 0 spiro atoms. The monoisotopic (exact) mass is 405 g/mol. The summed E-state index contributed by atoms with van der Waals surface area (Å²) in [6.45, 7) is 4.55. The van der Waals surface area contributed by atoms with Gasteiger partial charge in [0.25, 0.3) is 0 Å². The van der Waals surface area contributed by atoms with Crippen molar-refractivity contribution in [2.24, 2.45) is 5.92 Å². The van der Waals surface area contributed by atoms with E-state index in [-0.39, 0.29) is 17.7 Å². The van der Waals surface area contributed by atoms with Crippen LogP contribution in [0.3, 0.4) is 0 Å². The number of hydrogen-bond donors (Lipinski definition) is 0. The minimum absolute atomic E-state index is 0.124. The molecule has 0 N–H and O–H groups in total. The molecule has 0 unspecified atom stereocenters. The minimum Gasteiger partial charge on any atom is -0.466 e. The lowest BCUT2D eigenvalue weighted by Crippen LogP contribution is -2.39. The van der Waals surface area contributed by atoms with Crippen LogP contribution in [-0.4, -0.2) is 30.6 Å². The van der Waals surface area contributed by atoms with Gasteiger partial charge in [0.1, 0.15) is 11.6 Å². The largest absolute Gasteiger partial charge is 0.466 e. The number of ether oxygens (including phenoxy) is 3. The highest BCUT2D eigenvalue weighted by Gasteiger charge is 2.30. The van der Waals surface area contributed by atoms with E-state index in [0.717, 1.165) is 36.1 Å². The maximum atomic E-state index is 14.2. The second-order valence-corrected chi connectivity index (χ2v) is 7.98. The molecular weight excluding hydrogens is 381 g/mol. The van der Waals surface area contributed by atoms with Gasteiger partial charge in [-0.15, -0.1) is 0 Å². The third-order valence-corrected chi connectivity index (χ3v) is 5.86. The number of piperidine rings is 1. The van der Waals surface area contributed by atoms with Crippen molar-refractivity contribution in [3.05, 3.63) is 51.5 Å². The van der Waals surface area contributed by atoms with Crippen LogP contribution in [0.4, 0.5) is 4.39 Å². The van der Waals surface area contributed by atoms with Crippen LogP contribution in [0.5, 0.6) is 5.75 Å². The van der Waals surface area contributed by atoms with Gasteiger partial charge in [0.2, 0.25) is 6.29 Å². The summed E-state index contributed by atoms with van der Waals surface area (Å²) in [6.07, 6.45) is 1.28. The third kappa shape index (κ3) is 4.21. The summed E-state index contributed by atoms with van der Waals surface area (Å²) in [6, 6.07) is 4.97. The Morgan fingerprint density at radius 2 is 2.32 bits per heavy atom. The first-order valence-corrected chi connectivity index (χ1v) is 10.6. The number of rotatable bonds is 5. The number of benzene rings is 1. The molecule has 150 valence electrons. The number of nitrogens with zero attached hydrogens (tertiary/aromatic N) is 1. The van der Waals surface area contributed by atoms with Crippen molar-refractivity contribution in [2.75, 3.05) is 19.7 Å². The van der Waals surface area contributed by atoms with Gasteiger partial charge in [-0.05, 0) is 49.9 Å². The zero-order valence-electron chi connectivity index (χ0n) is 15.9. The Morgan fingerprint density at radius 3 is 3.11 bits per heavy atom. The molecule has 5 nitrogen and oxygen atoms in total. The molecule has 1 aromatic heterocycles. The van der Waals surface area contributed by atoms with Crippen molar-refractivity contribution in [3.8, 4) is 5.75 Å². The zero-order valence-corrected chi connectivity index (χ0v) is 16.7. The quantitative estimate of drug-likeness (QED) is 0.696. The van der Waals surface area contributed by atoms with Crippen LogP contribution < -0.4 is 4.74 Å². The first-order valence-electron chi connectivity index (χ1n) is 9.64. The molecule has 0 saturated carbocycles. The molecule has 2 atom stereocenters. The number of halogens is 1. The fourth-order valence-electron chi connectivity index (χ4n) is 3.86. The molecule has 4 rings (SSSR count). The smallest absolute Gasteiger partial charge is 0.310 e. The van der Waals surface area contributed by atoms with E-state index in [4.69, 9.17) is 14.2 Å². The van der Waals surface area contributed by atoms with Crippen molar-refractivity contribution in [1.29, 1.82) is 0 Å². The number of hydrogen-bond acceptors (Lipinski definition) is 6. The Hall–Kier alpha value is -1.96. The van der Waals surface area contributed by atoms with E-state index in [1.807, 2.05) is 23.8 Å². The molecule has 3 heterocycles. The molecule has 1 saturated heterocycles. The van der Waals surface area contributed by atoms with Crippen LogP contribution >= 0.6 is 11.3 Å². The molecule has 2 aromatic rings. The number of carbonyl (C=O) groups excluding carboxylic acids is 1. The average Bonchev–Trinajstić information content (AvgIpc) is 3.23. The summed E-state index contributed by atoms with van der Waals surface area (Å²) < 4.78 is 31.2. The lowest BCUT2D eigenvalue weighted by Gasteiger charge is -2.33. The number of esters is 1. The highest BCUT2D eigenvalue weighted by molar-refractivity contribution is 7.07. The van der Waals surface area contributed by atoms with Gasteiger partial charge in [-0.25, -0.2) is 4.39 Å². The first-order chi connectivity index (χ1) is 13.6. The molecule has 0 amide bonds. The summed E-state index contributed by atoms with van der Waals surface area (Å²) in [7, 11) is 0. The van der Waals surface area contributed by atoms with Gasteiger partial charge in [0, 0.05) is 35.2 Å². The number of likely N-dealkylation sites (tertiary alicyclic amines) is 1. The maximum absolute atomic E-state index is 14.2. The van der Waals surface area contributed by atoms with Crippen molar-refractivity contribution in [2.45, 2.75) is 39.2 Å². The Balaban J connectivity index is 1.52. The van der Waals surface area contributed by atoms with E-state index in [1.165, 1.54) is 12.1 Å². The zero-order chi connectivity index (χ0) is 19.5. The van der Waals surface area contributed by atoms with Gasteiger partial charge in [0.05, 0.1) is 19.1 Å². The Morgan fingerprint density at radius 1 is 1.43 bits per heavy atom. The van der Waals surface area contributed by atoms with E-state index >= 15 is 0 Å². The fraction of sp³-hybridized carbons (Fsp3) is 0.476. The second-order valence-electron chi connectivity index (χ2n) is 7.20. The Labute approximate surface area is 168 Å². The molecule has 2 aliphatic rings. The van der Waals surface area contributed by atoms with Crippen molar-refractivity contribution in [1.82, 2.24) is 4.90 Å². The molecule has 1 fully saturated rings. The lowest BCUT2D eigenvalue weighted by molar-refractivity contribution is -0.150. The Bertz CT molecular complexity index is 826. The molecule has 1 aromatic carbocycles. The number of thiophene rings is 1. The average molecular weight is 405 g/mol. The summed E-state index contributed by atoms with van der Waals surface area (Å²) in [5.74, 6) is 0.132. The van der Waals surface area contributed by atoms with Crippen molar-refractivity contribution < 1.29 is 23.4 Å².